The Labute approximate surface area is 111 Å². The number of hydrogen-bond acceptors (Lipinski definition) is 5. The smallest absolute Gasteiger partial charge is 0.332 e. The Hall–Kier alpha value is -1.51. The van der Waals surface area contributed by atoms with Crippen molar-refractivity contribution < 1.29 is 23.4 Å². The van der Waals surface area contributed by atoms with Crippen LogP contribution in [-0.2, 0) is 21.2 Å². The van der Waals surface area contributed by atoms with Crippen molar-refractivity contribution in [2.75, 3.05) is 12.3 Å². The number of aliphatic carboxylic acids is 1. The predicted molar refractivity (Wildman–Crippen MR) is 68.0 cm³/mol. The summed E-state index contributed by atoms with van der Waals surface area (Å²) in [7, 11) is -3.50. The van der Waals surface area contributed by atoms with E-state index in [1.54, 1.807) is 24.4 Å². The fraction of sp³-hybridized carbons (Fsp3) is 0.455. The number of pyridine rings is 1. The number of nitrogens with zero attached hydrogens (tertiary/aromatic N) is 1. The largest absolute Gasteiger partial charge is 0.479 e. The van der Waals surface area contributed by atoms with E-state index in [1.165, 1.54) is 0 Å². The molecular weight excluding hydrogens is 272 g/mol. The SMILES string of the molecule is O=C(O)C(O)CCNS(=O)(=O)CCc1ccccn1. The summed E-state index contributed by atoms with van der Waals surface area (Å²) < 4.78 is 25.4. The molecule has 3 N–H and O–H groups in total. The van der Waals surface area contributed by atoms with Crippen LogP contribution in [-0.4, -0.2) is 48.0 Å². The zero-order valence-corrected chi connectivity index (χ0v) is 11.0. The average molecular weight is 288 g/mol. The number of rotatable bonds is 8. The number of carboxylic acid groups (broad SMARTS) is 1. The maximum atomic E-state index is 11.6. The number of sulfonamides is 1. The van der Waals surface area contributed by atoms with Gasteiger partial charge in [-0.15, -0.1) is 0 Å². The van der Waals surface area contributed by atoms with Crippen molar-refractivity contribution in [1.82, 2.24) is 9.71 Å². The van der Waals surface area contributed by atoms with Crippen LogP contribution in [0.2, 0.25) is 0 Å². The van der Waals surface area contributed by atoms with Crippen LogP contribution in [0, 0.1) is 0 Å². The standard InChI is InChI=1S/C11H16N2O5S/c14-10(11(15)16)4-7-13-19(17,18)8-5-9-3-1-2-6-12-9/h1-3,6,10,13-14H,4-5,7-8H2,(H,15,16). The summed E-state index contributed by atoms with van der Waals surface area (Å²) in [5.41, 5.74) is 0.665. The minimum Gasteiger partial charge on any atom is -0.479 e. The highest BCUT2D eigenvalue weighted by molar-refractivity contribution is 7.89. The van der Waals surface area contributed by atoms with Crippen molar-refractivity contribution in [2.24, 2.45) is 0 Å². The van der Waals surface area contributed by atoms with E-state index in [1.807, 2.05) is 0 Å². The predicted octanol–water partition coefficient (Wildman–Crippen LogP) is -0.621. The molecule has 1 heterocycles. The maximum Gasteiger partial charge on any atom is 0.332 e. The second-order valence-corrected chi connectivity index (χ2v) is 5.85. The molecule has 106 valence electrons. The number of hydrogen-bond donors (Lipinski definition) is 3. The number of nitrogens with one attached hydrogen (secondary N) is 1. The number of carboxylic acids is 1. The Bertz CT molecular complexity index is 503. The van der Waals surface area contributed by atoms with E-state index in [2.05, 4.69) is 9.71 Å². The van der Waals surface area contributed by atoms with E-state index >= 15 is 0 Å². The van der Waals surface area contributed by atoms with Crippen molar-refractivity contribution in [3.8, 4) is 0 Å². The van der Waals surface area contributed by atoms with Gasteiger partial charge in [0.2, 0.25) is 10.0 Å². The molecule has 0 saturated carbocycles. The van der Waals surface area contributed by atoms with Gasteiger partial charge in [0.25, 0.3) is 0 Å². The number of aryl methyl sites for hydroxylation is 1. The lowest BCUT2D eigenvalue weighted by Gasteiger charge is -2.08. The number of aromatic nitrogens is 1. The average Bonchev–Trinajstić information content (AvgIpc) is 2.37. The van der Waals surface area contributed by atoms with Crippen LogP contribution in [0.3, 0.4) is 0 Å². The third-order valence-electron chi connectivity index (χ3n) is 2.38. The molecule has 0 saturated heterocycles. The summed E-state index contributed by atoms with van der Waals surface area (Å²) in [5.74, 6) is -1.50. The molecule has 0 radical (unpaired) electrons. The Morgan fingerprint density at radius 3 is 2.74 bits per heavy atom. The lowest BCUT2D eigenvalue weighted by atomic mass is 10.3. The van der Waals surface area contributed by atoms with Crippen LogP contribution in [0.5, 0.6) is 0 Å². The Morgan fingerprint density at radius 1 is 1.42 bits per heavy atom. The molecule has 1 aromatic heterocycles. The summed E-state index contributed by atoms with van der Waals surface area (Å²) in [6.45, 7) is -0.113. The Balaban J connectivity index is 2.34. The van der Waals surface area contributed by atoms with Crippen molar-refractivity contribution in [1.29, 1.82) is 0 Å². The molecule has 8 heteroatoms. The fourth-order valence-electron chi connectivity index (χ4n) is 1.33. The minimum atomic E-state index is -3.50. The first kappa shape index (κ1) is 15.5. The highest BCUT2D eigenvalue weighted by Crippen LogP contribution is 1.98. The topological polar surface area (TPSA) is 117 Å². The normalized spacial score (nSPS) is 13.1. The van der Waals surface area contributed by atoms with Gasteiger partial charge >= 0.3 is 5.97 Å². The van der Waals surface area contributed by atoms with Crippen LogP contribution in [0.4, 0.5) is 0 Å². The number of aliphatic hydroxyl groups is 1. The van der Waals surface area contributed by atoms with Crippen LogP contribution < -0.4 is 4.72 Å². The minimum absolute atomic E-state index is 0.113. The van der Waals surface area contributed by atoms with Crippen LogP contribution in [0.15, 0.2) is 24.4 Å². The summed E-state index contributed by atoms with van der Waals surface area (Å²) >= 11 is 0. The first-order valence-corrected chi connectivity index (χ1v) is 7.34. The first-order chi connectivity index (χ1) is 8.91. The van der Waals surface area contributed by atoms with Crippen LogP contribution in [0.25, 0.3) is 0 Å². The van der Waals surface area contributed by atoms with Gasteiger partial charge in [0.05, 0.1) is 5.75 Å². The molecule has 0 amide bonds. The van der Waals surface area contributed by atoms with E-state index in [9.17, 15) is 13.2 Å². The van der Waals surface area contributed by atoms with E-state index < -0.39 is 22.1 Å². The second kappa shape index (κ2) is 7.17. The molecule has 0 aliphatic carbocycles. The zero-order valence-electron chi connectivity index (χ0n) is 10.2. The number of carbonyl (C=O) groups is 1. The molecule has 0 bridgehead atoms. The second-order valence-electron chi connectivity index (χ2n) is 3.93. The molecule has 0 fully saturated rings. The number of aliphatic hydroxyl groups excluding tert-OH is 1. The van der Waals surface area contributed by atoms with Crippen molar-refractivity contribution >= 4 is 16.0 Å². The van der Waals surface area contributed by atoms with Crippen molar-refractivity contribution in [2.45, 2.75) is 18.9 Å². The quantitative estimate of drug-likeness (QED) is 0.587. The third kappa shape index (κ3) is 6.27. The van der Waals surface area contributed by atoms with Gasteiger partial charge < -0.3 is 10.2 Å². The van der Waals surface area contributed by atoms with Gasteiger partial charge in [-0.3, -0.25) is 4.98 Å². The van der Waals surface area contributed by atoms with Crippen LogP contribution in [0.1, 0.15) is 12.1 Å². The fourth-order valence-corrected chi connectivity index (χ4v) is 2.38. The van der Waals surface area contributed by atoms with Gasteiger partial charge in [-0.05, 0) is 18.6 Å². The third-order valence-corrected chi connectivity index (χ3v) is 3.76. The summed E-state index contributed by atoms with van der Waals surface area (Å²) in [4.78, 5) is 14.3. The summed E-state index contributed by atoms with van der Waals surface area (Å²) in [5, 5.41) is 17.4. The van der Waals surface area contributed by atoms with Crippen molar-refractivity contribution in [3.05, 3.63) is 30.1 Å². The molecule has 19 heavy (non-hydrogen) atoms. The zero-order chi connectivity index (χ0) is 14.3. The molecule has 0 aliphatic rings. The lowest BCUT2D eigenvalue weighted by molar-refractivity contribution is -0.146. The molecule has 1 unspecified atom stereocenters. The first-order valence-electron chi connectivity index (χ1n) is 5.69. The van der Waals surface area contributed by atoms with Gasteiger partial charge in [0.1, 0.15) is 0 Å². The molecule has 0 aromatic carbocycles. The molecule has 0 aliphatic heterocycles. The molecule has 1 rings (SSSR count). The molecule has 7 nitrogen and oxygen atoms in total. The highest BCUT2D eigenvalue weighted by Gasteiger charge is 2.15. The van der Waals surface area contributed by atoms with Gasteiger partial charge in [0, 0.05) is 24.9 Å². The van der Waals surface area contributed by atoms with E-state index in [4.69, 9.17) is 10.2 Å². The molecule has 1 atom stereocenters. The molecular formula is C11H16N2O5S. The van der Waals surface area contributed by atoms with E-state index in [0.717, 1.165) is 0 Å². The summed E-state index contributed by atoms with van der Waals surface area (Å²) in [6.07, 6.45) is 0.132. The monoisotopic (exact) mass is 288 g/mol. The lowest BCUT2D eigenvalue weighted by Crippen LogP contribution is -2.32. The van der Waals surface area contributed by atoms with Gasteiger partial charge in [-0.1, -0.05) is 6.07 Å². The Morgan fingerprint density at radius 2 is 2.16 bits per heavy atom. The van der Waals surface area contributed by atoms with E-state index in [-0.39, 0.29) is 25.1 Å². The van der Waals surface area contributed by atoms with Gasteiger partial charge in [-0.25, -0.2) is 17.9 Å². The molecule has 1 aromatic rings. The Kier molecular flexibility index (Phi) is 5.87. The van der Waals surface area contributed by atoms with Gasteiger partial charge in [-0.2, -0.15) is 0 Å². The van der Waals surface area contributed by atoms with Crippen LogP contribution >= 0.6 is 0 Å². The van der Waals surface area contributed by atoms with Crippen molar-refractivity contribution in [3.63, 3.8) is 0 Å². The maximum absolute atomic E-state index is 11.6. The van der Waals surface area contributed by atoms with Gasteiger partial charge in [0.15, 0.2) is 6.10 Å². The summed E-state index contributed by atoms with van der Waals surface area (Å²) in [6, 6.07) is 5.23. The van der Waals surface area contributed by atoms with E-state index in [0.29, 0.717) is 5.69 Å². The highest BCUT2D eigenvalue weighted by atomic mass is 32.2. The molecule has 0 spiro atoms.